The third-order valence-electron chi connectivity index (χ3n) is 4.76. The molecule has 0 aliphatic rings. The monoisotopic (exact) mass is 424 g/mol. The number of aryl methyl sites for hydroxylation is 2. The maximum Gasteiger partial charge on any atom is 0.264 e. The van der Waals surface area contributed by atoms with E-state index in [9.17, 15) is 13.2 Å². The smallest absolute Gasteiger partial charge is 0.264 e. The van der Waals surface area contributed by atoms with Crippen LogP contribution in [0.25, 0.3) is 0 Å². The van der Waals surface area contributed by atoms with E-state index in [1.807, 2.05) is 32.0 Å². The highest BCUT2D eigenvalue weighted by atomic mass is 32.2. The first kappa shape index (κ1) is 21.4. The first-order valence-corrected chi connectivity index (χ1v) is 10.9. The normalized spacial score (nSPS) is 11.0. The molecule has 3 aromatic carbocycles. The zero-order chi connectivity index (χ0) is 21.7. The van der Waals surface area contributed by atoms with Crippen molar-refractivity contribution < 1.29 is 17.9 Å². The summed E-state index contributed by atoms with van der Waals surface area (Å²) >= 11 is 0. The summed E-state index contributed by atoms with van der Waals surface area (Å²) < 4.78 is 32.1. The third-order valence-corrected chi connectivity index (χ3v) is 6.56. The van der Waals surface area contributed by atoms with Crippen LogP contribution in [0.3, 0.4) is 0 Å². The van der Waals surface area contributed by atoms with Crippen molar-refractivity contribution in [1.29, 1.82) is 0 Å². The van der Waals surface area contributed by atoms with E-state index in [0.29, 0.717) is 11.4 Å². The van der Waals surface area contributed by atoms with Crippen LogP contribution in [-0.4, -0.2) is 28.0 Å². The van der Waals surface area contributed by atoms with E-state index in [-0.39, 0.29) is 17.4 Å². The van der Waals surface area contributed by atoms with Crippen LogP contribution < -0.4 is 14.4 Å². The Morgan fingerprint density at radius 3 is 2.23 bits per heavy atom. The Hall–Kier alpha value is -3.32. The summed E-state index contributed by atoms with van der Waals surface area (Å²) in [5, 5.41) is 2.80. The fourth-order valence-electron chi connectivity index (χ4n) is 2.81. The maximum absolute atomic E-state index is 12.7. The van der Waals surface area contributed by atoms with Crippen molar-refractivity contribution in [2.24, 2.45) is 0 Å². The molecule has 1 amide bonds. The summed E-state index contributed by atoms with van der Waals surface area (Å²) in [6.07, 6.45) is 0. The number of carbonyl (C=O) groups is 1. The van der Waals surface area contributed by atoms with E-state index in [4.69, 9.17) is 4.74 Å². The average Bonchev–Trinajstić information content (AvgIpc) is 2.75. The lowest BCUT2D eigenvalue weighted by atomic mass is 10.1. The van der Waals surface area contributed by atoms with Gasteiger partial charge < -0.3 is 10.1 Å². The number of benzene rings is 3. The second kappa shape index (κ2) is 9.00. The Bertz CT molecular complexity index is 1130. The van der Waals surface area contributed by atoms with E-state index in [2.05, 4.69) is 5.32 Å². The number of hydrogen-bond donors (Lipinski definition) is 1. The number of rotatable bonds is 7. The fraction of sp³-hybridized carbons (Fsp3) is 0.174. The van der Waals surface area contributed by atoms with Crippen molar-refractivity contribution in [1.82, 2.24) is 0 Å². The first-order valence-electron chi connectivity index (χ1n) is 9.41. The molecule has 0 radical (unpaired) electrons. The van der Waals surface area contributed by atoms with Crippen LogP contribution in [0.5, 0.6) is 5.75 Å². The van der Waals surface area contributed by atoms with E-state index in [1.54, 1.807) is 54.6 Å². The molecule has 0 aliphatic heterocycles. The molecule has 0 fully saturated rings. The highest BCUT2D eigenvalue weighted by Crippen LogP contribution is 2.24. The number of nitrogens with one attached hydrogen (secondary N) is 1. The Labute approximate surface area is 177 Å². The van der Waals surface area contributed by atoms with Gasteiger partial charge in [-0.05, 0) is 73.5 Å². The van der Waals surface area contributed by atoms with Crippen LogP contribution in [0, 0.1) is 13.8 Å². The van der Waals surface area contributed by atoms with Crippen molar-refractivity contribution in [3.05, 3.63) is 83.9 Å². The Kier molecular flexibility index (Phi) is 6.42. The molecule has 0 aromatic heterocycles. The van der Waals surface area contributed by atoms with Gasteiger partial charge in [0.15, 0.2) is 6.61 Å². The second-order valence-electron chi connectivity index (χ2n) is 6.92. The van der Waals surface area contributed by atoms with Gasteiger partial charge >= 0.3 is 0 Å². The minimum absolute atomic E-state index is 0.148. The SMILES string of the molecule is Cc1ccc(NC(=O)COc2ccc(N(C)S(=O)(=O)c3ccccc3)cc2)cc1C. The second-order valence-corrected chi connectivity index (χ2v) is 8.88. The Morgan fingerprint density at radius 2 is 1.60 bits per heavy atom. The van der Waals surface area contributed by atoms with Crippen LogP contribution in [0.4, 0.5) is 11.4 Å². The van der Waals surface area contributed by atoms with Gasteiger partial charge in [0.1, 0.15) is 5.75 Å². The molecule has 30 heavy (non-hydrogen) atoms. The molecule has 1 N–H and O–H groups in total. The first-order chi connectivity index (χ1) is 14.3. The van der Waals surface area contributed by atoms with Crippen molar-refractivity contribution in [2.45, 2.75) is 18.7 Å². The molecule has 0 bridgehead atoms. The lowest BCUT2D eigenvalue weighted by Crippen LogP contribution is -2.26. The summed E-state index contributed by atoms with van der Waals surface area (Å²) in [5.74, 6) is 0.200. The maximum atomic E-state index is 12.7. The molecule has 3 aromatic rings. The number of ether oxygens (including phenoxy) is 1. The van der Waals surface area contributed by atoms with E-state index < -0.39 is 10.0 Å². The highest BCUT2D eigenvalue weighted by Gasteiger charge is 2.20. The molecule has 0 atom stereocenters. The lowest BCUT2D eigenvalue weighted by molar-refractivity contribution is -0.118. The van der Waals surface area contributed by atoms with Gasteiger partial charge in [-0.2, -0.15) is 0 Å². The van der Waals surface area contributed by atoms with Crippen molar-refractivity contribution in [3.63, 3.8) is 0 Å². The van der Waals surface area contributed by atoms with Crippen LogP contribution in [0.1, 0.15) is 11.1 Å². The largest absolute Gasteiger partial charge is 0.484 e. The molecule has 0 heterocycles. The molecule has 6 nitrogen and oxygen atoms in total. The zero-order valence-electron chi connectivity index (χ0n) is 17.1. The Morgan fingerprint density at radius 1 is 0.933 bits per heavy atom. The van der Waals surface area contributed by atoms with Gasteiger partial charge in [0.2, 0.25) is 0 Å². The van der Waals surface area contributed by atoms with Crippen LogP contribution in [0.15, 0.2) is 77.7 Å². The molecule has 156 valence electrons. The topological polar surface area (TPSA) is 75.7 Å². The summed E-state index contributed by atoms with van der Waals surface area (Å²) in [7, 11) is -2.15. The van der Waals surface area contributed by atoms with Gasteiger partial charge in [-0.3, -0.25) is 9.10 Å². The van der Waals surface area contributed by atoms with Gasteiger partial charge in [-0.1, -0.05) is 24.3 Å². The number of nitrogens with zero attached hydrogens (tertiary/aromatic N) is 1. The number of amides is 1. The van der Waals surface area contributed by atoms with Gasteiger partial charge in [-0.15, -0.1) is 0 Å². The van der Waals surface area contributed by atoms with Crippen molar-refractivity contribution in [3.8, 4) is 5.75 Å². The third kappa shape index (κ3) is 4.99. The van der Waals surface area contributed by atoms with Gasteiger partial charge in [0.05, 0.1) is 10.6 Å². The van der Waals surface area contributed by atoms with Crippen molar-refractivity contribution >= 4 is 27.3 Å². The number of sulfonamides is 1. The quantitative estimate of drug-likeness (QED) is 0.618. The average molecular weight is 425 g/mol. The molecule has 3 rings (SSSR count). The Balaban J connectivity index is 1.60. The summed E-state index contributed by atoms with van der Waals surface area (Å²) in [5.41, 5.74) is 3.46. The van der Waals surface area contributed by atoms with E-state index in [0.717, 1.165) is 16.8 Å². The van der Waals surface area contributed by atoms with Crippen LogP contribution in [0.2, 0.25) is 0 Å². The minimum atomic E-state index is -3.64. The van der Waals surface area contributed by atoms with Gasteiger partial charge in [0, 0.05) is 12.7 Å². The van der Waals surface area contributed by atoms with E-state index in [1.165, 1.54) is 11.4 Å². The molecule has 7 heteroatoms. The molecule has 0 spiro atoms. The van der Waals surface area contributed by atoms with Crippen molar-refractivity contribution in [2.75, 3.05) is 23.3 Å². The molecule has 0 aliphatic carbocycles. The predicted molar refractivity (Wildman–Crippen MR) is 119 cm³/mol. The summed E-state index contributed by atoms with van der Waals surface area (Å²) in [6, 6.07) is 20.5. The van der Waals surface area contributed by atoms with Crippen LogP contribution in [-0.2, 0) is 14.8 Å². The minimum Gasteiger partial charge on any atom is -0.484 e. The summed E-state index contributed by atoms with van der Waals surface area (Å²) in [4.78, 5) is 12.3. The number of anilines is 2. The molecule has 0 saturated heterocycles. The lowest BCUT2D eigenvalue weighted by Gasteiger charge is -2.19. The van der Waals surface area contributed by atoms with E-state index >= 15 is 0 Å². The fourth-order valence-corrected chi connectivity index (χ4v) is 4.02. The molecular formula is C23H24N2O4S. The molecule has 0 unspecified atom stereocenters. The molecular weight excluding hydrogens is 400 g/mol. The standard InChI is InChI=1S/C23H24N2O4S/c1-17-9-10-19(15-18(17)2)24-23(26)16-29-21-13-11-20(12-14-21)25(3)30(27,28)22-7-5-4-6-8-22/h4-15H,16H2,1-3H3,(H,24,26). The zero-order valence-corrected chi connectivity index (χ0v) is 17.9. The number of hydrogen-bond acceptors (Lipinski definition) is 4. The predicted octanol–water partition coefficient (Wildman–Crippen LogP) is 4.15. The van der Waals surface area contributed by atoms with Crippen LogP contribution >= 0.6 is 0 Å². The summed E-state index contributed by atoms with van der Waals surface area (Å²) in [6.45, 7) is 3.85. The van der Waals surface area contributed by atoms with Gasteiger partial charge in [0.25, 0.3) is 15.9 Å². The van der Waals surface area contributed by atoms with Gasteiger partial charge in [-0.25, -0.2) is 8.42 Å². The molecule has 0 saturated carbocycles. The number of carbonyl (C=O) groups excluding carboxylic acids is 1. The highest BCUT2D eigenvalue weighted by molar-refractivity contribution is 7.92.